The second-order valence-corrected chi connectivity index (χ2v) is 6.13. The highest BCUT2D eigenvalue weighted by Gasteiger charge is 2.39. The predicted octanol–water partition coefficient (Wildman–Crippen LogP) is 2.42. The summed E-state index contributed by atoms with van der Waals surface area (Å²) in [4.78, 5) is 11.9. The molecule has 1 aliphatic rings. The summed E-state index contributed by atoms with van der Waals surface area (Å²) in [6.07, 6.45) is 0.0770. The summed E-state index contributed by atoms with van der Waals surface area (Å²) in [5.41, 5.74) is 1.22. The molecule has 5 nitrogen and oxygen atoms in total. The summed E-state index contributed by atoms with van der Waals surface area (Å²) in [6, 6.07) is 15.4. The summed E-state index contributed by atoms with van der Waals surface area (Å²) in [6.45, 7) is 0.0950. The third-order valence-electron chi connectivity index (χ3n) is 4.09. The lowest BCUT2D eigenvalue weighted by Crippen LogP contribution is -2.42. The highest BCUT2D eigenvalue weighted by Crippen LogP contribution is 2.40. The van der Waals surface area contributed by atoms with Gasteiger partial charge in [0.25, 0.3) is 0 Å². The fourth-order valence-corrected chi connectivity index (χ4v) is 2.64. The SMILES string of the molecule is O=C(NCC(O)COc1ccc(F)cc1)NC1CC1c1ccccc1. The molecule has 0 heterocycles. The molecule has 6 heteroatoms. The van der Waals surface area contributed by atoms with Crippen molar-refractivity contribution in [2.24, 2.45) is 0 Å². The Morgan fingerprint density at radius 3 is 2.64 bits per heavy atom. The molecular formula is C19H21FN2O3. The third-order valence-corrected chi connectivity index (χ3v) is 4.09. The van der Waals surface area contributed by atoms with Gasteiger partial charge in [0.15, 0.2) is 0 Å². The number of carbonyl (C=O) groups excluding carboxylic acids is 1. The van der Waals surface area contributed by atoms with Gasteiger partial charge in [0.05, 0.1) is 0 Å². The Balaban J connectivity index is 1.33. The number of aliphatic hydroxyl groups is 1. The number of benzene rings is 2. The normalized spacial score (nSPS) is 19.8. The molecule has 3 unspecified atom stereocenters. The van der Waals surface area contributed by atoms with Crippen LogP contribution in [-0.2, 0) is 0 Å². The van der Waals surface area contributed by atoms with Crippen molar-refractivity contribution in [2.75, 3.05) is 13.2 Å². The molecule has 1 fully saturated rings. The minimum Gasteiger partial charge on any atom is -0.491 e. The number of ether oxygens (including phenoxy) is 1. The lowest BCUT2D eigenvalue weighted by Gasteiger charge is -2.14. The molecule has 0 spiro atoms. The zero-order valence-corrected chi connectivity index (χ0v) is 13.7. The van der Waals surface area contributed by atoms with Gasteiger partial charge in [-0.15, -0.1) is 0 Å². The van der Waals surface area contributed by atoms with E-state index in [2.05, 4.69) is 22.8 Å². The summed E-state index contributed by atoms with van der Waals surface area (Å²) in [5, 5.41) is 15.4. The van der Waals surface area contributed by atoms with Gasteiger partial charge < -0.3 is 20.5 Å². The van der Waals surface area contributed by atoms with Crippen molar-refractivity contribution in [1.82, 2.24) is 10.6 Å². The third kappa shape index (κ3) is 5.19. The number of hydrogen-bond acceptors (Lipinski definition) is 3. The van der Waals surface area contributed by atoms with E-state index in [1.54, 1.807) is 0 Å². The molecular weight excluding hydrogens is 323 g/mol. The van der Waals surface area contributed by atoms with Gasteiger partial charge in [0.2, 0.25) is 0 Å². The first-order valence-corrected chi connectivity index (χ1v) is 8.27. The monoisotopic (exact) mass is 344 g/mol. The van der Waals surface area contributed by atoms with E-state index in [0.717, 1.165) is 6.42 Å². The molecule has 0 radical (unpaired) electrons. The lowest BCUT2D eigenvalue weighted by molar-refractivity contribution is 0.107. The summed E-state index contributed by atoms with van der Waals surface area (Å²) in [7, 11) is 0. The zero-order chi connectivity index (χ0) is 17.6. The van der Waals surface area contributed by atoms with E-state index in [1.165, 1.54) is 29.8 Å². The lowest BCUT2D eigenvalue weighted by atomic mass is 10.1. The Morgan fingerprint density at radius 2 is 1.92 bits per heavy atom. The van der Waals surface area contributed by atoms with Crippen LogP contribution in [0.4, 0.5) is 9.18 Å². The van der Waals surface area contributed by atoms with E-state index in [1.807, 2.05) is 18.2 Å². The molecule has 0 saturated heterocycles. The molecule has 3 atom stereocenters. The molecule has 25 heavy (non-hydrogen) atoms. The van der Waals surface area contributed by atoms with E-state index in [9.17, 15) is 14.3 Å². The first-order valence-electron chi connectivity index (χ1n) is 8.27. The quantitative estimate of drug-likeness (QED) is 0.722. The average Bonchev–Trinajstić information content (AvgIpc) is 3.39. The molecule has 1 aliphatic carbocycles. The number of carbonyl (C=O) groups is 1. The Kier molecular flexibility index (Phi) is 5.50. The topological polar surface area (TPSA) is 70.6 Å². The van der Waals surface area contributed by atoms with E-state index >= 15 is 0 Å². The van der Waals surface area contributed by atoms with Crippen LogP contribution >= 0.6 is 0 Å². The van der Waals surface area contributed by atoms with Crippen molar-refractivity contribution in [2.45, 2.75) is 24.5 Å². The van der Waals surface area contributed by atoms with Crippen LogP contribution in [0.1, 0.15) is 17.9 Å². The van der Waals surface area contributed by atoms with Crippen LogP contribution in [0.3, 0.4) is 0 Å². The van der Waals surface area contributed by atoms with Gasteiger partial charge in [0, 0.05) is 18.5 Å². The van der Waals surface area contributed by atoms with Crippen molar-refractivity contribution in [3.05, 3.63) is 66.0 Å². The number of nitrogens with one attached hydrogen (secondary N) is 2. The van der Waals surface area contributed by atoms with Crippen LogP contribution in [0.15, 0.2) is 54.6 Å². The number of rotatable bonds is 7. The van der Waals surface area contributed by atoms with Gasteiger partial charge >= 0.3 is 6.03 Å². The van der Waals surface area contributed by atoms with Crippen molar-refractivity contribution >= 4 is 6.03 Å². The van der Waals surface area contributed by atoms with Gasteiger partial charge in [0.1, 0.15) is 24.3 Å². The Bertz CT molecular complexity index is 694. The molecule has 3 N–H and O–H groups in total. The standard InChI is InChI=1S/C19H21FN2O3/c20-14-6-8-16(9-7-14)25-12-15(23)11-21-19(24)22-18-10-17(18)13-4-2-1-3-5-13/h1-9,15,17-18,23H,10-12H2,(H2,21,22,24). The van der Waals surface area contributed by atoms with Crippen LogP contribution in [-0.4, -0.2) is 36.4 Å². The number of urea groups is 1. The van der Waals surface area contributed by atoms with Gasteiger partial charge in [-0.3, -0.25) is 0 Å². The maximum atomic E-state index is 12.8. The number of aliphatic hydroxyl groups excluding tert-OH is 1. The molecule has 0 aliphatic heterocycles. The number of halogens is 1. The Labute approximate surface area is 145 Å². The molecule has 2 amide bonds. The number of hydrogen-bond donors (Lipinski definition) is 3. The molecule has 0 bridgehead atoms. The zero-order valence-electron chi connectivity index (χ0n) is 13.7. The second kappa shape index (κ2) is 7.98. The largest absolute Gasteiger partial charge is 0.491 e. The Morgan fingerprint density at radius 1 is 1.20 bits per heavy atom. The van der Waals surface area contributed by atoms with Gasteiger partial charge in [-0.25, -0.2) is 9.18 Å². The fourth-order valence-electron chi connectivity index (χ4n) is 2.64. The van der Waals surface area contributed by atoms with E-state index < -0.39 is 6.10 Å². The molecule has 2 aromatic rings. The highest BCUT2D eigenvalue weighted by atomic mass is 19.1. The average molecular weight is 344 g/mol. The van der Waals surface area contributed by atoms with Gasteiger partial charge in [-0.2, -0.15) is 0 Å². The first kappa shape index (κ1) is 17.2. The van der Waals surface area contributed by atoms with Crippen LogP contribution in [0.5, 0.6) is 5.75 Å². The smallest absolute Gasteiger partial charge is 0.315 e. The maximum Gasteiger partial charge on any atom is 0.315 e. The fraction of sp³-hybridized carbons (Fsp3) is 0.316. The highest BCUT2D eigenvalue weighted by molar-refractivity contribution is 5.74. The predicted molar refractivity (Wildman–Crippen MR) is 92.0 cm³/mol. The summed E-state index contributed by atoms with van der Waals surface area (Å²) < 4.78 is 18.1. The minimum absolute atomic E-state index is 0.0159. The van der Waals surface area contributed by atoms with E-state index in [-0.39, 0.29) is 31.0 Å². The van der Waals surface area contributed by atoms with Crippen LogP contribution in [0.2, 0.25) is 0 Å². The maximum absolute atomic E-state index is 12.8. The molecule has 0 aromatic heterocycles. The van der Waals surface area contributed by atoms with Crippen molar-refractivity contribution in [3.8, 4) is 5.75 Å². The Hall–Kier alpha value is -2.60. The van der Waals surface area contributed by atoms with Crippen LogP contribution in [0.25, 0.3) is 0 Å². The number of amides is 2. The van der Waals surface area contributed by atoms with Crippen molar-refractivity contribution in [1.29, 1.82) is 0 Å². The second-order valence-electron chi connectivity index (χ2n) is 6.13. The summed E-state index contributed by atoms with van der Waals surface area (Å²) in [5.74, 6) is 0.479. The van der Waals surface area contributed by atoms with Crippen LogP contribution in [0, 0.1) is 5.82 Å². The van der Waals surface area contributed by atoms with Crippen molar-refractivity contribution < 1.29 is 19.0 Å². The van der Waals surface area contributed by atoms with Gasteiger partial charge in [-0.1, -0.05) is 30.3 Å². The molecule has 2 aromatic carbocycles. The van der Waals surface area contributed by atoms with E-state index in [0.29, 0.717) is 11.7 Å². The first-order chi connectivity index (χ1) is 12.1. The molecule has 132 valence electrons. The minimum atomic E-state index is -0.847. The van der Waals surface area contributed by atoms with Crippen molar-refractivity contribution in [3.63, 3.8) is 0 Å². The molecule has 1 saturated carbocycles. The molecule has 3 rings (SSSR count). The van der Waals surface area contributed by atoms with Gasteiger partial charge in [-0.05, 0) is 36.2 Å². The summed E-state index contributed by atoms with van der Waals surface area (Å²) >= 11 is 0. The van der Waals surface area contributed by atoms with Crippen LogP contribution < -0.4 is 15.4 Å². The van der Waals surface area contributed by atoms with E-state index in [4.69, 9.17) is 4.74 Å².